The smallest absolute Gasteiger partial charge is 0.315 e. The molecule has 0 bridgehead atoms. The highest BCUT2D eigenvalue weighted by molar-refractivity contribution is 5.74. The predicted molar refractivity (Wildman–Crippen MR) is 60.9 cm³/mol. The Labute approximate surface area is 94.6 Å². The van der Waals surface area contributed by atoms with Crippen molar-refractivity contribution in [2.45, 2.75) is 19.0 Å². The van der Waals surface area contributed by atoms with Crippen molar-refractivity contribution in [3.8, 4) is 0 Å². The average molecular weight is 220 g/mol. The number of hydrogen-bond donors (Lipinski definition) is 3. The van der Waals surface area contributed by atoms with E-state index < -0.39 is 0 Å². The van der Waals surface area contributed by atoms with E-state index in [2.05, 4.69) is 20.9 Å². The molecule has 0 unspecified atom stereocenters. The number of nitrogens with zero attached hydrogens (tertiary/aromatic N) is 1. The zero-order chi connectivity index (χ0) is 11.2. The van der Waals surface area contributed by atoms with E-state index in [0.29, 0.717) is 6.54 Å². The third kappa shape index (κ3) is 3.20. The third-order valence-electron chi connectivity index (χ3n) is 2.57. The summed E-state index contributed by atoms with van der Waals surface area (Å²) in [6, 6.07) is 3.94. The van der Waals surface area contributed by atoms with Crippen molar-refractivity contribution in [2.75, 3.05) is 13.1 Å². The number of nitrogens with one attached hydrogen (secondary N) is 3. The van der Waals surface area contributed by atoms with Crippen molar-refractivity contribution < 1.29 is 4.79 Å². The lowest BCUT2D eigenvalue weighted by molar-refractivity contribution is 0.237. The van der Waals surface area contributed by atoms with Crippen molar-refractivity contribution in [1.82, 2.24) is 20.9 Å². The average Bonchev–Trinajstić information content (AvgIpc) is 2.81. The van der Waals surface area contributed by atoms with Crippen molar-refractivity contribution in [2.24, 2.45) is 0 Å². The number of amides is 2. The highest BCUT2D eigenvalue weighted by atomic mass is 16.2. The summed E-state index contributed by atoms with van der Waals surface area (Å²) in [6.07, 6.45) is 4.46. The molecule has 16 heavy (non-hydrogen) atoms. The van der Waals surface area contributed by atoms with Crippen molar-refractivity contribution in [3.05, 3.63) is 30.1 Å². The van der Waals surface area contributed by atoms with E-state index in [1.54, 1.807) is 12.4 Å². The van der Waals surface area contributed by atoms with E-state index in [4.69, 9.17) is 0 Å². The normalized spacial score (nSPS) is 19.4. The van der Waals surface area contributed by atoms with Gasteiger partial charge in [0.15, 0.2) is 0 Å². The maximum atomic E-state index is 11.5. The lowest BCUT2D eigenvalue weighted by Crippen LogP contribution is -2.42. The molecule has 0 spiro atoms. The molecule has 1 saturated heterocycles. The van der Waals surface area contributed by atoms with Crippen molar-refractivity contribution in [3.63, 3.8) is 0 Å². The molecule has 86 valence electrons. The molecule has 1 aromatic rings. The fourth-order valence-electron chi connectivity index (χ4n) is 1.70. The number of pyridine rings is 1. The van der Waals surface area contributed by atoms with Crippen LogP contribution in [-0.4, -0.2) is 30.1 Å². The molecule has 1 aromatic heterocycles. The first-order valence-corrected chi connectivity index (χ1v) is 5.48. The maximum Gasteiger partial charge on any atom is 0.315 e. The first-order valence-electron chi connectivity index (χ1n) is 5.48. The second-order valence-electron chi connectivity index (χ2n) is 3.88. The Balaban J connectivity index is 1.71. The molecule has 1 aliphatic rings. The molecule has 1 aliphatic heterocycles. The van der Waals surface area contributed by atoms with Gasteiger partial charge < -0.3 is 16.0 Å². The molecule has 0 aliphatic carbocycles. The third-order valence-corrected chi connectivity index (χ3v) is 2.57. The Kier molecular flexibility index (Phi) is 3.71. The van der Waals surface area contributed by atoms with Gasteiger partial charge in [0.25, 0.3) is 0 Å². The van der Waals surface area contributed by atoms with E-state index in [-0.39, 0.29) is 12.1 Å². The summed E-state index contributed by atoms with van der Waals surface area (Å²) in [7, 11) is 0. The molecule has 0 aromatic carbocycles. The lowest BCUT2D eigenvalue weighted by Gasteiger charge is -2.12. The fraction of sp³-hybridized carbons (Fsp3) is 0.455. The topological polar surface area (TPSA) is 66.0 Å². The molecular formula is C11H16N4O. The number of urea groups is 1. The molecule has 5 nitrogen and oxygen atoms in total. The highest BCUT2D eigenvalue weighted by Crippen LogP contribution is 1.97. The van der Waals surface area contributed by atoms with Crippen LogP contribution in [0.5, 0.6) is 0 Å². The van der Waals surface area contributed by atoms with Crippen LogP contribution in [0.15, 0.2) is 24.5 Å². The summed E-state index contributed by atoms with van der Waals surface area (Å²) in [6.45, 7) is 2.35. The zero-order valence-electron chi connectivity index (χ0n) is 9.07. The van der Waals surface area contributed by atoms with Crippen molar-refractivity contribution in [1.29, 1.82) is 0 Å². The highest BCUT2D eigenvalue weighted by Gasteiger charge is 2.15. The van der Waals surface area contributed by atoms with Gasteiger partial charge in [0.05, 0.1) is 0 Å². The molecule has 2 amide bonds. The summed E-state index contributed by atoms with van der Waals surface area (Å²) in [4.78, 5) is 15.5. The van der Waals surface area contributed by atoms with E-state index in [0.717, 1.165) is 25.1 Å². The van der Waals surface area contributed by atoms with Gasteiger partial charge in [0.1, 0.15) is 0 Å². The summed E-state index contributed by atoms with van der Waals surface area (Å²) in [5.74, 6) is 0. The van der Waals surface area contributed by atoms with Gasteiger partial charge in [-0.05, 0) is 24.6 Å². The van der Waals surface area contributed by atoms with E-state index in [1.165, 1.54) is 0 Å². The van der Waals surface area contributed by atoms with E-state index >= 15 is 0 Å². The van der Waals surface area contributed by atoms with Gasteiger partial charge >= 0.3 is 6.03 Å². The Morgan fingerprint density at radius 3 is 3.25 bits per heavy atom. The predicted octanol–water partition coefficient (Wildman–Crippen LogP) is 0.243. The van der Waals surface area contributed by atoms with Gasteiger partial charge in [-0.1, -0.05) is 6.07 Å². The molecule has 2 heterocycles. The minimum Gasteiger partial charge on any atom is -0.334 e. The molecule has 5 heteroatoms. The Bertz CT molecular complexity index is 335. The lowest BCUT2D eigenvalue weighted by atomic mass is 10.2. The SMILES string of the molecule is O=C(NCc1cccnc1)N[C@@H]1CCNC1. The Hall–Kier alpha value is -1.62. The number of hydrogen-bond acceptors (Lipinski definition) is 3. The van der Waals surface area contributed by atoms with Crippen LogP contribution >= 0.6 is 0 Å². The summed E-state index contributed by atoms with van der Waals surface area (Å²) < 4.78 is 0. The van der Waals surface area contributed by atoms with Crippen molar-refractivity contribution >= 4 is 6.03 Å². The van der Waals surface area contributed by atoms with Crippen LogP contribution in [-0.2, 0) is 6.54 Å². The van der Waals surface area contributed by atoms with E-state index in [9.17, 15) is 4.79 Å². The quantitative estimate of drug-likeness (QED) is 0.683. The summed E-state index contributed by atoms with van der Waals surface area (Å²) >= 11 is 0. The van der Waals surface area contributed by atoms with Crippen LogP contribution in [0.1, 0.15) is 12.0 Å². The van der Waals surface area contributed by atoms with Gasteiger partial charge in [-0.15, -0.1) is 0 Å². The largest absolute Gasteiger partial charge is 0.334 e. The Morgan fingerprint density at radius 1 is 1.62 bits per heavy atom. The molecule has 0 saturated carbocycles. The van der Waals surface area contributed by atoms with Crippen LogP contribution in [0, 0.1) is 0 Å². The minimum absolute atomic E-state index is 0.113. The molecule has 2 rings (SSSR count). The monoisotopic (exact) mass is 220 g/mol. The van der Waals surface area contributed by atoms with E-state index in [1.807, 2.05) is 12.1 Å². The molecule has 3 N–H and O–H groups in total. The molecule has 1 atom stereocenters. The van der Waals surface area contributed by atoms with Gasteiger partial charge in [-0.25, -0.2) is 4.79 Å². The number of rotatable bonds is 3. The Morgan fingerprint density at radius 2 is 2.56 bits per heavy atom. The number of carbonyl (C=O) groups is 1. The maximum absolute atomic E-state index is 11.5. The van der Waals surface area contributed by atoms with Gasteiger partial charge in [0, 0.05) is 31.5 Å². The fourth-order valence-corrected chi connectivity index (χ4v) is 1.70. The molecule has 0 radical (unpaired) electrons. The second kappa shape index (κ2) is 5.46. The molecule has 1 fully saturated rings. The first-order chi connectivity index (χ1) is 7.84. The standard InChI is InChI=1S/C11H16N4O/c16-11(15-10-3-5-13-8-10)14-7-9-2-1-4-12-6-9/h1-2,4,6,10,13H,3,5,7-8H2,(H2,14,15,16)/t10-/m1/s1. The molecular weight excluding hydrogens is 204 g/mol. The van der Waals surface area contributed by atoms with Crippen LogP contribution in [0.2, 0.25) is 0 Å². The van der Waals surface area contributed by atoms with Gasteiger partial charge in [-0.3, -0.25) is 4.98 Å². The number of aromatic nitrogens is 1. The zero-order valence-corrected chi connectivity index (χ0v) is 9.07. The summed E-state index contributed by atoms with van der Waals surface area (Å²) in [5.41, 5.74) is 1.00. The van der Waals surface area contributed by atoms with Crippen LogP contribution in [0.3, 0.4) is 0 Å². The van der Waals surface area contributed by atoms with Crippen LogP contribution in [0.4, 0.5) is 4.79 Å². The minimum atomic E-state index is -0.113. The second-order valence-corrected chi connectivity index (χ2v) is 3.88. The number of carbonyl (C=O) groups excluding carboxylic acids is 1. The van der Waals surface area contributed by atoms with Gasteiger partial charge in [0.2, 0.25) is 0 Å². The summed E-state index contributed by atoms with van der Waals surface area (Å²) in [5, 5.41) is 8.92. The van der Waals surface area contributed by atoms with Crippen LogP contribution < -0.4 is 16.0 Å². The van der Waals surface area contributed by atoms with Crippen LogP contribution in [0.25, 0.3) is 0 Å². The first kappa shape index (κ1) is 10.9. The van der Waals surface area contributed by atoms with Gasteiger partial charge in [-0.2, -0.15) is 0 Å².